The Morgan fingerprint density at radius 3 is 2.81 bits per heavy atom. The van der Waals surface area contributed by atoms with E-state index < -0.39 is 5.97 Å². The molecule has 21 heavy (non-hydrogen) atoms. The number of hydrogen-bond donors (Lipinski definition) is 1. The van der Waals surface area contributed by atoms with Crippen molar-refractivity contribution in [1.82, 2.24) is 14.6 Å². The highest BCUT2D eigenvalue weighted by atomic mass is 35.5. The van der Waals surface area contributed by atoms with Crippen LogP contribution in [0, 0.1) is 0 Å². The van der Waals surface area contributed by atoms with E-state index in [-0.39, 0.29) is 5.56 Å². The summed E-state index contributed by atoms with van der Waals surface area (Å²) in [6.07, 6.45) is 1.47. The molecule has 0 aliphatic heterocycles. The highest BCUT2D eigenvalue weighted by molar-refractivity contribution is 6.30. The van der Waals surface area contributed by atoms with E-state index in [4.69, 9.17) is 21.4 Å². The van der Waals surface area contributed by atoms with Gasteiger partial charge in [0.1, 0.15) is 5.75 Å². The number of benzene rings is 1. The lowest BCUT2D eigenvalue weighted by Crippen LogP contribution is -2.00. The topological polar surface area (TPSA) is 76.7 Å². The Hall–Kier alpha value is -2.60. The molecule has 0 radical (unpaired) electrons. The number of methoxy groups -OCH3 is 1. The lowest BCUT2D eigenvalue weighted by Gasteiger charge is -2.07. The fourth-order valence-corrected chi connectivity index (χ4v) is 2.23. The molecular formula is C14H10ClN3O3. The second-order valence-corrected chi connectivity index (χ2v) is 4.76. The average Bonchev–Trinajstić information content (AvgIpc) is 2.89. The maximum atomic E-state index is 11.1. The Balaban J connectivity index is 2.27. The number of halogens is 1. The summed E-state index contributed by atoms with van der Waals surface area (Å²) in [5.41, 5.74) is 1.32. The Morgan fingerprint density at radius 2 is 2.10 bits per heavy atom. The van der Waals surface area contributed by atoms with Gasteiger partial charge in [0.15, 0.2) is 11.5 Å². The van der Waals surface area contributed by atoms with Crippen molar-refractivity contribution in [3.8, 4) is 17.1 Å². The van der Waals surface area contributed by atoms with Crippen molar-refractivity contribution in [2.24, 2.45) is 0 Å². The molecule has 0 saturated carbocycles. The van der Waals surface area contributed by atoms with Crippen LogP contribution in [0.5, 0.6) is 5.75 Å². The Labute approximate surface area is 124 Å². The van der Waals surface area contributed by atoms with E-state index in [0.29, 0.717) is 27.8 Å². The minimum atomic E-state index is -1.02. The first kappa shape index (κ1) is 13.4. The monoisotopic (exact) mass is 303 g/mol. The lowest BCUT2D eigenvalue weighted by atomic mass is 10.2. The molecule has 0 unspecified atom stereocenters. The molecule has 106 valence electrons. The summed E-state index contributed by atoms with van der Waals surface area (Å²) in [7, 11) is 1.54. The van der Waals surface area contributed by atoms with Crippen LogP contribution in [0.25, 0.3) is 17.0 Å². The molecule has 0 fully saturated rings. The van der Waals surface area contributed by atoms with Crippen molar-refractivity contribution in [3.05, 3.63) is 47.1 Å². The number of nitrogens with zero attached hydrogens (tertiary/aromatic N) is 3. The van der Waals surface area contributed by atoms with Crippen molar-refractivity contribution in [2.75, 3.05) is 7.11 Å². The highest BCUT2D eigenvalue weighted by Crippen LogP contribution is 2.31. The van der Waals surface area contributed by atoms with Crippen LogP contribution < -0.4 is 4.74 Å². The van der Waals surface area contributed by atoms with Gasteiger partial charge < -0.3 is 9.84 Å². The average molecular weight is 304 g/mol. The number of carbonyl (C=O) groups is 1. The van der Waals surface area contributed by atoms with Crippen molar-refractivity contribution >= 4 is 23.2 Å². The van der Waals surface area contributed by atoms with Crippen LogP contribution in [0.3, 0.4) is 0 Å². The molecule has 0 aliphatic rings. The van der Waals surface area contributed by atoms with Gasteiger partial charge in [-0.1, -0.05) is 11.6 Å². The SMILES string of the molecule is COc1ccc(Cl)cc1-c1nnc2ccc(C(=O)O)cn12. The zero-order chi connectivity index (χ0) is 15.0. The first-order valence-corrected chi connectivity index (χ1v) is 6.40. The van der Waals surface area contributed by atoms with Gasteiger partial charge in [0.2, 0.25) is 0 Å². The number of rotatable bonds is 3. The number of carboxylic acid groups (broad SMARTS) is 1. The number of ether oxygens (including phenoxy) is 1. The maximum absolute atomic E-state index is 11.1. The number of aromatic carboxylic acids is 1. The Morgan fingerprint density at radius 1 is 1.29 bits per heavy atom. The standard InChI is InChI=1S/C14H10ClN3O3/c1-21-11-4-3-9(15)6-10(11)13-17-16-12-5-2-8(14(19)20)7-18(12)13/h2-7H,1H3,(H,19,20). The molecule has 6 nitrogen and oxygen atoms in total. The van der Waals surface area contributed by atoms with Gasteiger partial charge in [0.05, 0.1) is 18.2 Å². The summed E-state index contributed by atoms with van der Waals surface area (Å²) in [6.45, 7) is 0. The van der Waals surface area contributed by atoms with Crippen LogP contribution in [0.1, 0.15) is 10.4 Å². The fraction of sp³-hybridized carbons (Fsp3) is 0.0714. The fourth-order valence-electron chi connectivity index (χ4n) is 2.06. The van der Waals surface area contributed by atoms with E-state index in [1.165, 1.54) is 12.3 Å². The van der Waals surface area contributed by atoms with Crippen molar-refractivity contribution < 1.29 is 14.6 Å². The molecule has 0 amide bonds. The largest absolute Gasteiger partial charge is 0.496 e. The first-order valence-electron chi connectivity index (χ1n) is 6.02. The maximum Gasteiger partial charge on any atom is 0.337 e. The van der Waals surface area contributed by atoms with Crippen LogP contribution in [0.4, 0.5) is 0 Å². The molecule has 0 spiro atoms. The summed E-state index contributed by atoms with van der Waals surface area (Å²) in [4.78, 5) is 11.1. The molecule has 0 atom stereocenters. The van der Waals surface area contributed by atoms with Crippen LogP contribution in [0.15, 0.2) is 36.5 Å². The summed E-state index contributed by atoms with van der Waals surface area (Å²) in [5, 5.41) is 17.7. The smallest absolute Gasteiger partial charge is 0.337 e. The van der Waals surface area contributed by atoms with Gasteiger partial charge in [0, 0.05) is 11.2 Å². The molecule has 1 N–H and O–H groups in total. The zero-order valence-electron chi connectivity index (χ0n) is 10.9. The number of hydrogen-bond acceptors (Lipinski definition) is 4. The third kappa shape index (κ3) is 2.30. The van der Waals surface area contributed by atoms with E-state index in [2.05, 4.69) is 10.2 Å². The van der Waals surface area contributed by atoms with Gasteiger partial charge in [-0.3, -0.25) is 4.40 Å². The summed E-state index contributed by atoms with van der Waals surface area (Å²) >= 11 is 6.02. The highest BCUT2D eigenvalue weighted by Gasteiger charge is 2.15. The number of aromatic nitrogens is 3. The van der Waals surface area contributed by atoms with Crippen LogP contribution in [-0.4, -0.2) is 32.8 Å². The minimum absolute atomic E-state index is 0.143. The summed E-state index contributed by atoms with van der Waals surface area (Å²) in [5.74, 6) is 0.0245. The molecule has 1 aromatic carbocycles. The lowest BCUT2D eigenvalue weighted by molar-refractivity contribution is 0.0696. The van der Waals surface area contributed by atoms with Gasteiger partial charge in [-0.05, 0) is 30.3 Å². The van der Waals surface area contributed by atoms with Gasteiger partial charge in [0.25, 0.3) is 0 Å². The Bertz CT molecular complexity index is 845. The molecule has 2 heterocycles. The number of carboxylic acids is 1. The number of fused-ring (bicyclic) bond motifs is 1. The normalized spacial score (nSPS) is 10.8. The second kappa shape index (κ2) is 5.06. The molecule has 7 heteroatoms. The summed E-state index contributed by atoms with van der Waals surface area (Å²) in [6, 6.07) is 8.20. The predicted octanol–water partition coefficient (Wildman–Crippen LogP) is 2.76. The molecule has 3 aromatic rings. The van der Waals surface area contributed by atoms with Crippen LogP contribution in [0.2, 0.25) is 5.02 Å². The minimum Gasteiger partial charge on any atom is -0.496 e. The van der Waals surface area contributed by atoms with Crippen LogP contribution >= 0.6 is 11.6 Å². The van der Waals surface area contributed by atoms with Crippen molar-refractivity contribution in [3.63, 3.8) is 0 Å². The second-order valence-electron chi connectivity index (χ2n) is 4.32. The van der Waals surface area contributed by atoms with E-state index >= 15 is 0 Å². The van der Waals surface area contributed by atoms with Crippen LogP contribution in [-0.2, 0) is 0 Å². The first-order chi connectivity index (χ1) is 10.1. The molecule has 3 rings (SSSR count). The molecule has 0 aliphatic carbocycles. The van der Waals surface area contributed by atoms with Gasteiger partial charge in [-0.2, -0.15) is 0 Å². The zero-order valence-corrected chi connectivity index (χ0v) is 11.7. The van der Waals surface area contributed by atoms with Gasteiger partial charge in [-0.25, -0.2) is 4.79 Å². The predicted molar refractivity (Wildman–Crippen MR) is 76.9 cm³/mol. The summed E-state index contributed by atoms with van der Waals surface area (Å²) < 4.78 is 6.89. The van der Waals surface area contributed by atoms with Gasteiger partial charge in [-0.15, -0.1) is 10.2 Å². The third-order valence-corrected chi connectivity index (χ3v) is 3.29. The molecule has 2 aromatic heterocycles. The third-order valence-electron chi connectivity index (χ3n) is 3.05. The van der Waals surface area contributed by atoms with Crippen molar-refractivity contribution in [1.29, 1.82) is 0 Å². The van der Waals surface area contributed by atoms with E-state index in [1.807, 2.05) is 0 Å². The molecule has 0 saturated heterocycles. The van der Waals surface area contributed by atoms with E-state index in [9.17, 15) is 4.79 Å². The van der Waals surface area contributed by atoms with Crippen molar-refractivity contribution in [2.45, 2.75) is 0 Å². The number of pyridine rings is 1. The Kier molecular flexibility index (Phi) is 3.23. The van der Waals surface area contributed by atoms with E-state index in [1.54, 1.807) is 35.8 Å². The van der Waals surface area contributed by atoms with Gasteiger partial charge >= 0.3 is 5.97 Å². The quantitative estimate of drug-likeness (QED) is 0.805. The molecular weight excluding hydrogens is 294 g/mol. The van der Waals surface area contributed by atoms with E-state index in [0.717, 1.165) is 0 Å². The molecule has 0 bridgehead atoms.